The molecule has 0 aromatic carbocycles. The van der Waals surface area contributed by atoms with Crippen molar-refractivity contribution in [3.05, 3.63) is 17.8 Å². The van der Waals surface area contributed by atoms with Crippen molar-refractivity contribution < 1.29 is 19.1 Å². The number of ether oxygens (including phenoxy) is 1. The first-order valence-electron chi connectivity index (χ1n) is 5.35. The Balaban J connectivity index is 2.13. The molecular weight excluding hydrogens is 210 g/mol. The Kier molecular flexibility index (Phi) is 2.96. The van der Waals surface area contributed by atoms with Gasteiger partial charge in [-0.25, -0.2) is 4.98 Å². The molecule has 0 saturated carbocycles. The molecule has 2 rings (SSSR count). The zero-order chi connectivity index (χ0) is 11.6. The number of aromatic nitrogens is 1. The molecule has 1 fully saturated rings. The molecule has 16 heavy (non-hydrogen) atoms. The van der Waals surface area contributed by atoms with Crippen molar-refractivity contribution in [3.63, 3.8) is 0 Å². The van der Waals surface area contributed by atoms with Gasteiger partial charge in [0.25, 0.3) is 0 Å². The summed E-state index contributed by atoms with van der Waals surface area (Å²) < 4.78 is 10.8. The van der Waals surface area contributed by atoms with Gasteiger partial charge in [-0.3, -0.25) is 4.79 Å². The molecule has 1 saturated heterocycles. The fourth-order valence-corrected chi connectivity index (χ4v) is 1.87. The highest BCUT2D eigenvalue weighted by atomic mass is 16.5. The van der Waals surface area contributed by atoms with E-state index < -0.39 is 5.97 Å². The first kappa shape index (κ1) is 11.1. The van der Waals surface area contributed by atoms with E-state index in [-0.39, 0.29) is 17.7 Å². The minimum Gasteiger partial charge on any atom is -0.481 e. The van der Waals surface area contributed by atoms with Gasteiger partial charge in [0.15, 0.2) is 0 Å². The molecule has 1 aliphatic rings. The molecule has 1 aromatic heterocycles. The second-order valence-electron chi connectivity index (χ2n) is 4.36. The van der Waals surface area contributed by atoms with E-state index in [9.17, 15) is 4.79 Å². The molecule has 1 aliphatic heterocycles. The molecule has 0 radical (unpaired) electrons. The number of carbonyl (C=O) groups is 1. The molecule has 1 N–H and O–H groups in total. The summed E-state index contributed by atoms with van der Waals surface area (Å²) >= 11 is 0. The van der Waals surface area contributed by atoms with Crippen molar-refractivity contribution in [2.24, 2.45) is 0 Å². The van der Waals surface area contributed by atoms with E-state index >= 15 is 0 Å². The molecule has 88 valence electrons. The predicted octanol–water partition coefficient (Wildman–Crippen LogP) is 1.37. The fourth-order valence-electron chi connectivity index (χ4n) is 1.87. The maximum atomic E-state index is 10.5. The van der Waals surface area contributed by atoms with E-state index in [4.69, 9.17) is 14.3 Å². The quantitative estimate of drug-likeness (QED) is 0.841. The van der Waals surface area contributed by atoms with Crippen LogP contribution < -0.4 is 0 Å². The molecule has 5 heteroatoms. The van der Waals surface area contributed by atoms with Gasteiger partial charge in [-0.1, -0.05) is 6.92 Å². The number of carboxylic acids is 1. The summed E-state index contributed by atoms with van der Waals surface area (Å²) in [5, 5.41) is 8.63. The summed E-state index contributed by atoms with van der Waals surface area (Å²) in [5.41, 5.74) is -0.0675. The highest BCUT2D eigenvalue weighted by Crippen LogP contribution is 2.34. The average Bonchev–Trinajstić information content (AvgIpc) is 2.67. The van der Waals surface area contributed by atoms with Crippen LogP contribution in [0.3, 0.4) is 0 Å². The molecule has 0 bridgehead atoms. The van der Waals surface area contributed by atoms with Crippen molar-refractivity contribution in [1.82, 2.24) is 4.98 Å². The van der Waals surface area contributed by atoms with Crippen LogP contribution in [0.15, 0.2) is 10.6 Å². The van der Waals surface area contributed by atoms with Crippen molar-refractivity contribution in [3.8, 4) is 0 Å². The van der Waals surface area contributed by atoms with E-state index in [1.807, 2.05) is 0 Å². The first-order valence-corrected chi connectivity index (χ1v) is 5.35. The van der Waals surface area contributed by atoms with Gasteiger partial charge in [-0.15, -0.1) is 0 Å². The monoisotopic (exact) mass is 225 g/mol. The summed E-state index contributed by atoms with van der Waals surface area (Å²) in [6, 6.07) is 0. The Bertz CT molecular complexity index is 379. The van der Waals surface area contributed by atoms with Crippen LogP contribution in [0.5, 0.6) is 0 Å². The second-order valence-corrected chi connectivity index (χ2v) is 4.36. The molecule has 0 spiro atoms. The minimum absolute atomic E-state index is 0.0675. The number of rotatable bonds is 3. The number of hydrogen-bond donors (Lipinski definition) is 1. The van der Waals surface area contributed by atoms with Gasteiger partial charge in [-0.05, 0) is 12.8 Å². The van der Waals surface area contributed by atoms with Gasteiger partial charge < -0.3 is 14.3 Å². The number of carboxylic acid groups (broad SMARTS) is 1. The lowest BCUT2D eigenvalue weighted by atomic mass is 9.80. The third kappa shape index (κ3) is 2.24. The van der Waals surface area contributed by atoms with Crippen LogP contribution in [-0.4, -0.2) is 29.3 Å². The van der Waals surface area contributed by atoms with Crippen molar-refractivity contribution in [2.75, 3.05) is 13.2 Å². The topological polar surface area (TPSA) is 72.6 Å². The Labute approximate surface area is 93.4 Å². The van der Waals surface area contributed by atoms with Crippen molar-refractivity contribution in [1.29, 1.82) is 0 Å². The van der Waals surface area contributed by atoms with Gasteiger partial charge >= 0.3 is 5.97 Å². The zero-order valence-corrected chi connectivity index (χ0v) is 9.23. The van der Waals surface area contributed by atoms with E-state index in [1.54, 1.807) is 6.20 Å². The lowest BCUT2D eigenvalue weighted by Crippen LogP contribution is -2.30. The maximum absolute atomic E-state index is 10.5. The van der Waals surface area contributed by atoms with Gasteiger partial charge in [-0.2, -0.15) is 0 Å². The van der Waals surface area contributed by atoms with Crippen molar-refractivity contribution in [2.45, 2.75) is 31.6 Å². The average molecular weight is 225 g/mol. The van der Waals surface area contributed by atoms with E-state index in [0.29, 0.717) is 13.2 Å². The van der Waals surface area contributed by atoms with Crippen molar-refractivity contribution >= 4 is 5.97 Å². The largest absolute Gasteiger partial charge is 0.481 e. The number of aliphatic carboxylic acids is 1. The predicted molar refractivity (Wildman–Crippen MR) is 55.2 cm³/mol. The SMILES string of the molecule is CC1(c2cnc(CC(=O)O)o2)CCOCC1. The molecule has 1 aromatic rings. The Hall–Kier alpha value is -1.36. The lowest BCUT2D eigenvalue weighted by Gasteiger charge is -2.30. The maximum Gasteiger partial charge on any atom is 0.312 e. The standard InChI is InChI=1S/C11H15NO4/c1-11(2-4-15-5-3-11)8-7-12-9(16-8)6-10(13)14/h7H,2-6H2,1H3,(H,13,14). The van der Waals surface area contributed by atoms with Gasteiger partial charge in [0.1, 0.15) is 12.2 Å². The van der Waals surface area contributed by atoms with E-state index in [2.05, 4.69) is 11.9 Å². The fraction of sp³-hybridized carbons (Fsp3) is 0.636. The molecule has 2 heterocycles. The third-order valence-electron chi connectivity index (χ3n) is 3.05. The Morgan fingerprint density at radius 1 is 1.56 bits per heavy atom. The zero-order valence-electron chi connectivity index (χ0n) is 9.23. The Morgan fingerprint density at radius 2 is 2.25 bits per heavy atom. The minimum atomic E-state index is -0.925. The second kappa shape index (κ2) is 4.25. The number of nitrogens with zero attached hydrogens (tertiary/aromatic N) is 1. The van der Waals surface area contributed by atoms with Crippen LogP contribution >= 0.6 is 0 Å². The van der Waals surface area contributed by atoms with Crippen LogP contribution in [-0.2, 0) is 21.4 Å². The summed E-state index contributed by atoms with van der Waals surface area (Å²) in [4.78, 5) is 14.5. The van der Waals surface area contributed by atoms with Crippen LogP contribution in [0.2, 0.25) is 0 Å². The highest BCUT2D eigenvalue weighted by molar-refractivity contribution is 5.68. The summed E-state index contributed by atoms with van der Waals surface area (Å²) in [6.07, 6.45) is 3.25. The van der Waals surface area contributed by atoms with Crippen LogP contribution in [0, 0.1) is 0 Å². The molecule has 0 aliphatic carbocycles. The first-order chi connectivity index (χ1) is 7.60. The van der Waals surface area contributed by atoms with Crippen LogP contribution in [0.25, 0.3) is 0 Å². The number of oxazole rings is 1. The molecular formula is C11H15NO4. The van der Waals surface area contributed by atoms with Gasteiger partial charge in [0.05, 0.1) is 6.20 Å². The van der Waals surface area contributed by atoms with Gasteiger partial charge in [0, 0.05) is 18.6 Å². The number of hydrogen-bond acceptors (Lipinski definition) is 4. The van der Waals surface area contributed by atoms with E-state index in [1.165, 1.54) is 0 Å². The third-order valence-corrected chi connectivity index (χ3v) is 3.05. The van der Waals surface area contributed by atoms with Gasteiger partial charge in [0.2, 0.25) is 5.89 Å². The Morgan fingerprint density at radius 3 is 2.88 bits per heavy atom. The summed E-state index contributed by atoms with van der Waals surface area (Å²) in [5.74, 6) is 0.118. The van der Waals surface area contributed by atoms with Crippen LogP contribution in [0.1, 0.15) is 31.4 Å². The summed E-state index contributed by atoms with van der Waals surface area (Å²) in [6.45, 7) is 3.53. The molecule has 0 unspecified atom stereocenters. The lowest BCUT2D eigenvalue weighted by molar-refractivity contribution is -0.136. The molecule has 5 nitrogen and oxygen atoms in total. The summed E-state index contributed by atoms with van der Waals surface area (Å²) in [7, 11) is 0. The molecule has 0 atom stereocenters. The molecule has 0 amide bonds. The van der Waals surface area contributed by atoms with Crippen LogP contribution in [0.4, 0.5) is 0 Å². The normalized spacial score (nSPS) is 19.6. The smallest absolute Gasteiger partial charge is 0.312 e. The highest BCUT2D eigenvalue weighted by Gasteiger charge is 2.33. The van der Waals surface area contributed by atoms with E-state index in [0.717, 1.165) is 18.6 Å².